The normalized spacial score (nSPS) is 15.2. The first kappa shape index (κ1) is 23.2. The molecular weight excluding hydrogens is 414 g/mol. The van der Waals surface area contributed by atoms with Crippen molar-refractivity contribution >= 4 is 23.2 Å². The van der Waals surface area contributed by atoms with Crippen LogP contribution in [0.4, 0.5) is 11.4 Å². The minimum Gasteiger partial charge on any atom is -0.493 e. The minimum absolute atomic E-state index is 0.0893. The summed E-state index contributed by atoms with van der Waals surface area (Å²) < 4.78 is 21.7. The van der Waals surface area contributed by atoms with Gasteiger partial charge in [0.1, 0.15) is 5.75 Å². The van der Waals surface area contributed by atoms with Crippen LogP contribution in [0.1, 0.15) is 17.3 Å². The highest BCUT2D eigenvalue weighted by Gasteiger charge is 2.31. The zero-order valence-electron chi connectivity index (χ0n) is 19.2. The molecule has 2 aromatic carbocycles. The molecule has 1 heterocycles. The lowest BCUT2D eigenvalue weighted by atomic mass is 10.1. The Morgan fingerprint density at radius 1 is 1.09 bits per heavy atom. The van der Waals surface area contributed by atoms with Gasteiger partial charge < -0.3 is 34.1 Å². The average molecular weight is 444 g/mol. The Balaban J connectivity index is 1.86. The van der Waals surface area contributed by atoms with Gasteiger partial charge in [-0.25, -0.2) is 0 Å². The van der Waals surface area contributed by atoms with Crippen LogP contribution in [-0.2, 0) is 4.79 Å². The number of rotatable bonds is 8. The molecule has 9 heteroatoms. The predicted molar refractivity (Wildman–Crippen MR) is 121 cm³/mol. The molecule has 0 saturated heterocycles. The van der Waals surface area contributed by atoms with Crippen LogP contribution in [0.5, 0.6) is 23.0 Å². The van der Waals surface area contributed by atoms with Crippen molar-refractivity contribution < 1.29 is 28.5 Å². The van der Waals surface area contributed by atoms with E-state index in [-0.39, 0.29) is 11.8 Å². The zero-order valence-corrected chi connectivity index (χ0v) is 19.2. The fourth-order valence-corrected chi connectivity index (χ4v) is 3.43. The third-order valence-corrected chi connectivity index (χ3v) is 5.12. The van der Waals surface area contributed by atoms with Crippen molar-refractivity contribution in [1.82, 2.24) is 4.90 Å². The van der Waals surface area contributed by atoms with Gasteiger partial charge in [-0.3, -0.25) is 9.59 Å². The minimum atomic E-state index is -0.606. The summed E-state index contributed by atoms with van der Waals surface area (Å²) in [5.41, 5.74) is 1.56. The molecule has 0 aliphatic carbocycles. The van der Waals surface area contributed by atoms with Crippen molar-refractivity contribution in [3.8, 4) is 23.0 Å². The average Bonchev–Trinajstić information content (AvgIpc) is 2.78. The van der Waals surface area contributed by atoms with Gasteiger partial charge in [0, 0.05) is 30.4 Å². The molecule has 0 saturated carbocycles. The fourth-order valence-electron chi connectivity index (χ4n) is 3.43. The third kappa shape index (κ3) is 4.72. The highest BCUT2D eigenvalue weighted by atomic mass is 16.5. The largest absolute Gasteiger partial charge is 0.493 e. The van der Waals surface area contributed by atoms with E-state index in [0.717, 1.165) is 6.54 Å². The Kier molecular flexibility index (Phi) is 7.09. The summed E-state index contributed by atoms with van der Waals surface area (Å²) in [5, 5.41) is 2.86. The third-order valence-electron chi connectivity index (χ3n) is 5.12. The van der Waals surface area contributed by atoms with Gasteiger partial charge in [0.2, 0.25) is 5.75 Å². The molecule has 0 spiro atoms. The zero-order chi connectivity index (χ0) is 23.4. The van der Waals surface area contributed by atoms with E-state index in [2.05, 4.69) is 5.32 Å². The number of nitrogens with zero attached hydrogens (tertiary/aromatic N) is 2. The quantitative estimate of drug-likeness (QED) is 0.671. The van der Waals surface area contributed by atoms with Crippen LogP contribution < -0.4 is 29.2 Å². The highest BCUT2D eigenvalue weighted by Crippen LogP contribution is 2.39. The maximum atomic E-state index is 12.9. The molecule has 1 aliphatic rings. The first-order valence-electron chi connectivity index (χ1n) is 10.2. The van der Waals surface area contributed by atoms with Crippen LogP contribution in [0.2, 0.25) is 0 Å². The molecule has 0 radical (unpaired) electrons. The van der Waals surface area contributed by atoms with E-state index in [1.165, 1.54) is 21.3 Å². The van der Waals surface area contributed by atoms with E-state index in [0.29, 0.717) is 46.5 Å². The number of benzene rings is 2. The highest BCUT2D eigenvalue weighted by molar-refractivity contribution is 6.06. The summed E-state index contributed by atoms with van der Waals surface area (Å²) in [5.74, 6) is 1.27. The number of carbonyl (C=O) groups is 2. The van der Waals surface area contributed by atoms with Crippen molar-refractivity contribution in [1.29, 1.82) is 0 Å². The van der Waals surface area contributed by atoms with E-state index >= 15 is 0 Å². The number of hydrogen-bond donors (Lipinski definition) is 1. The lowest BCUT2D eigenvalue weighted by Crippen LogP contribution is -2.46. The van der Waals surface area contributed by atoms with E-state index in [4.69, 9.17) is 18.9 Å². The molecule has 9 nitrogen and oxygen atoms in total. The Bertz CT molecular complexity index is 982. The number of amides is 2. The van der Waals surface area contributed by atoms with Crippen molar-refractivity contribution in [2.24, 2.45) is 0 Å². The molecule has 1 atom stereocenters. The molecule has 2 amide bonds. The number of nitrogens with one attached hydrogen (secondary N) is 1. The Hall–Kier alpha value is -3.46. The van der Waals surface area contributed by atoms with E-state index < -0.39 is 6.10 Å². The van der Waals surface area contributed by atoms with Crippen molar-refractivity contribution in [3.05, 3.63) is 35.9 Å². The van der Waals surface area contributed by atoms with Crippen molar-refractivity contribution in [3.63, 3.8) is 0 Å². The molecule has 32 heavy (non-hydrogen) atoms. The number of ether oxygens (including phenoxy) is 4. The molecule has 2 aromatic rings. The van der Waals surface area contributed by atoms with Crippen LogP contribution >= 0.6 is 0 Å². The van der Waals surface area contributed by atoms with E-state index in [1.54, 1.807) is 42.2 Å². The number of methoxy groups -OCH3 is 3. The standard InChI is InChI=1S/C23H29N3O6/c1-14-23(28)26(10-9-25(2)3)17-8-7-16(13-18(17)32-14)24-22(27)15-11-19(29-4)21(31-6)20(12-15)30-5/h7-8,11-14H,9-10H2,1-6H3,(H,24,27). The van der Waals surface area contributed by atoms with E-state index in [9.17, 15) is 9.59 Å². The summed E-state index contributed by atoms with van der Waals surface area (Å²) in [6.07, 6.45) is -0.606. The number of fused-ring (bicyclic) bond motifs is 1. The molecule has 0 bridgehead atoms. The second-order valence-corrected chi connectivity index (χ2v) is 7.60. The lowest BCUT2D eigenvalue weighted by Gasteiger charge is -2.34. The van der Waals surface area contributed by atoms with Gasteiger partial charge in [-0.05, 0) is 45.3 Å². The maximum absolute atomic E-state index is 12.9. The summed E-state index contributed by atoms with van der Waals surface area (Å²) >= 11 is 0. The van der Waals surface area contributed by atoms with Gasteiger partial charge in [-0.15, -0.1) is 0 Å². The van der Waals surface area contributed by atoms with Crippen LogP contribution in [0, 0.1) is 0 Å². The predicted octanol–water partition coefficient (Wildman–Crippen LogP) is 2.64. The number of carbonyl (C=O) groups excluding carboxylic acids is 2. The topological polar surface area (TPSA) is 89.6 Å². The van der Waals surface area contributed by atoms with Gasteiger partial charge in [-0.1, -0.05) is 0 Å². The Morgan fingerprint density at radius 3 is 2.31 bits per heavy atom. The molecule has 3 rings (SSSR count). The van der Waals surface area contributed by atoms with Gasteiger partial charge in [0.15, 0.2) is 17.6 Å². The van der Waals surface area contributed by atoms with E-state index in [1.807, 2.05) is 19.0 Å². The molecule has 1 aliphatic heterocycles. The molecule has 0 fully saturated rings. The van der Waals surface area contributed by atoms with Crippen LogP contribution in [-0.4, -0.2) is 71.3 Å². The van der Waals surface area contributed by atoms with Gasteiger partial charge in [0.25, 0.3) is 11.8 Å². The lowest BCUT2D eigenvalue weighted by molar-refractivity contribution is -0.125. The Labute approximate surface area is 187 Å². The number of anilines is 2. The molecule has 172 valence electrons. The summed E-state index contributed by atoms with van der Waals surface area (Å²) in [6.45, 7) is 2.98. The Morgan fingerprint density at radius 2 is 1.75 bits per heavy atom. The van der Waals surface area contributed by atoms with Crippen LogP contribution in [0.15, 0.2) is 30.3 Å². The number of likely N-dealkylation sites (N-methyl/N-ethyl adjacent to an activating group) is 1. The first-order valence-corrected chi connectivity index (χ1v) is 10.2. The summed E-state index contributed by atoms with van der Waals surface area (Å²) in [4.78, 5) is 29.2. The number of hydrogen-bond acceptors (Lipinski definition) is 7. The van der Waals surface area contributed by atoms with Gasteiger partial charge >= 0.3 is 0 Å². The first-order chi connectivity index (χ1) is 15.3. The van der Waals surface area contributed by atoms with Crippen LogP contribution in [0.25, 0.3) is 0 Å². The molecule has 1 unspecified atom stereocenters. The second kappa shape index (κ2) is 9.78. The molecule has 1 N–H and O–H groups in total. The molecule has 0 aromatic heterocycles. The fraction of sp³-hybridized carbons (Fsp3) is 0.391. The van der Waals surface area contributed by atoms with Crippen molar-refractivity contribution in [2.45, 2.75) is 13.0 Å². The maximum Gasteiger partial charge on any atom is 0.267 e. The summed E-state index contributed by atoms with van der Waals surface area (Å²) in [7, 11) is 8.39. The smallest absolute Gasteiger partial charge is 0.267 e. The second-order valence-electron chi connectivity index (χ2n) is 7.60. The van der Waals surface area contributed by atoms with Gasteiger partial charge in [-0.2, -0.15) is 0 Å². The van der Waals surface area contributed by atoms with Gasteiger partial charge in [0.05, 0.1) is 27.0 Å². The van der Waals surface area contributed by atoms with Crippen molar-refractivity contribution in [2.75, 3.05) is 58.7 Å². The SMILES string of the molecule is COc1cc(C(=O)Nc2ccc3c(c2)OC(C)C(=O)N3CCN(C)C)cc(OC)c1OC. The monoisotopic (exact) mass is 443 g/mol. The van der Waals surface area contributed by atoms with Crippen LogP contribution in [0.3, 0.4) is 0 Å². The molecular formula is C23H29N3O6. The summed E-state index contributed by atoms with van der Waals surface area (Å²) in [6, 6.07) is 8.39.